The van der Waals surface area contributed by atoms with Crippen LogP contribution in [0.1, 0.15) is 34.3 Å². The summed E-state index contributed by atoms with van der Waals surface area (Å²) in [4.78, 5) is 14.9. The number of ether oxygens (including phenoxy) is 4. The van der Waals surface area contributed by atoms with Crippen molar-refractivity contribution in [2.75, 3.05) is 27.3 Å². The Morgan fingerprint density at radius 3 is 1.85 bits per heavy atom. The number of hydrogen-bond donors (Lipinski definition) is 0. The topological polar surface area (TPSA) is 57.2 Å². The van der Waals surface area contributed by atoms with Gasteiger partial charge < -0.3 is 23.8 Å². The second kappa shape index (κ2) is 11.2. The van der Waals surface area contributed by atoms with Gasteiger partial charge in [-0.3, -0.25) is 4.79 Å². The van der Waals surface area contributed by atoms with Crippen molar-refractivity contribution in [2.24, 2.45) is 0 Å². The fraction of sp³-hybridized carbons (Fsp3) is 0.296. The van der Waals surface area contributed by atoms with Crippen molar-refractivity contribution in [3.63, 3.8) is 0 Å². The molecule has 178 valence electrons. The van der Waals surface area contributed by atoms with E-state index in [0.717, 1.165) is 48.6 Å². The number of amides is 1. The molecule has 7 heteroatoms. The van der Waals surface area contributed by atoms with E-state index in [9.17, 15) is 4.79 Å². The van der Waals surface area contributed by atoms with E-state index in [1.165, 1.54) is 0 Å². The summed E-state index contributed by atoms with van der Waals surface area (Å²) in [7, 11) is 3.26. The predicted molar refractivity (Wildman–Crippen MR) is 131 cm³/mol. The highest BCUT2D eigenvalue weighted by molar-refractivity contribution is 6.35. The molecule has 1 aliphatic rings. The van der Waals surface area contributed by atoms with Gasteiger partial charge in [-0.05, 0) is 60.4 Å². The van der Waals surface area contributed by atoms with E-state index in [1.54, 1.807) is 26.4 Å². The lowest BCUT2D eigenvalue weighted by Gasteiger charge is -2.20. The Kier molecular flexibility index (Phi) is 7.80. The molecular weight excluding hydrogens is 454 g/mol. The highest BCUT2D eigenvalue weighted by Crippen LogP contribution is 2.39. The zero-order chi connectivity index (χ0) is 23.9. The fourth-order valence-corrected chi connectivity index (χ4v) is 4.09. The summed E-state index contributed by atoms with van der Waals surface area (Å²) >= 11 is 6.73. The molecule has 0 spiro atoms. The lowest BCUT2D eigenvalue weighted by Crippen LogP contribution is -2.27. The summed E-state index contributed by atoms with van der Waals surface area (Å²) in [5.41, 5.74) is 2.33. The van der Waals surface area contributed by atoms with Crippen molar-refractivity contribution in [1.82, 2.24) is 4.90 Å². The number of halogens is 1. The van der Waals surface area contributed by atoms with Gasteiger partial charge in [-0.25, -0.2) is 0 Å². The maximum atomic E-state index is 13.0. The maximum Gasteiger partial charge on any atom is 0.255 e. The van der Waals surface area contributed by atoms with Crippen molar-refractivity contribution in [2.45, 2.75) is 26.1 Å². The average Bonchev–Trinajstić information content (AvgIpc) is 3.42. The Balaban J connectivity index is 1.57. The van der Waals surface area contributed by atoms with Gasteiger partial charge in [0.05, 0.1) is 24.8 Å². The van der Waals surface area contributed by atoms with Crippen molar-refractivity contribution < 1.29 is 23.7 Å². The molecule has 0 aliphatic carbocycles. The Bertz CT molecular complexity index is 1110. The standard InChI is InChI=1S/C27H28ClNO5/c1-31-21-9-5-19(6-10-21)17-33-24-14-13-23(27(30)29-15-3-4-16-29)25(28)26(24)34-18-20-7-11-22(32-2)12-8-20/h5-14H,3-4,15-18H2,1-2H3. The first-order valence-corrected chi connectivity index (χ1v) is 11.6. The largest absolute Gasteiger partial charge is 0.497 e. The van der Waals surface area contributed by atoms with Gasteiger partial charge in [0.25, 0.3) is 5.91 Å². The third kappa shape index (κ3) is 5.57. The third-order valence-electron chi connectivity index (χ3n) is 5.78. The second-order valence-corrected chi connectivity index (χ2v) is 8.41. The van der Waals surface area contributed by atoms with Gasteiger partial charge in [-0.2, -0.15) is 0 Å². The molecule has 0 bridgehead atoms. The van der Waals surface area contributed by atoms with Crippen LogP contribution in [0.4, 0.5) is 0 Å². The lowest BCUT2D eigenvalue weighted by atomic mass is 10.1. The van der Waals surface area contributed by atoms with Gasteiger partial charge in [-0.1, -0.05) is 35.9 Å². The molecule has 0 N–H and O–H groups in total. The van der Waals surface area contributed by atoms with Crippen LogP contribution in [-0.4, -0.2) is 38.1 Å². The number of rotatable bonds is 9. The van der Waals surface area contributed by atoms with Gasteiger partial charge in [0.15, 0.2) is 11.5 Å². The molecule has 1 fully saturated rings. The molecule has 0 atom stereocenters. The Morgan fingerprint density at radius 2 is 1.32 bits per heavy atom. The molecule has 1 saturated heterocycles. The monoisotopic (exact) mass is 481 g/mol. The van der Waals surface area contributed by atoms with Crippen LogP contribution in [0.5, 0.6) is 23.0 Å². The van der Waals surface area contributed by atoms with Crippen molar-refractivity contribution in [3.8, 4) is 23.0 Å². The van der Waals surface area contributed by atoms with Crippen LogP contribution in [0.15, 0.2) is 60.7 Å². The van der Waals surface area contributed by atoms with Crippen LogP contribution in [-0.2, 0) is 13.2 Å². The molecule has 1 amide bonds. The minimum absolute atomic E-state index is 0.0847. The van der Waals surface area contributed by atoms with E-state index in [-0.39, 0.29) is 17.5 Å². The Morgan fingerprint density at radius 1 is 0.794 bits per heavy atom. The normalized spacial score (nSPS) is 13.0. The summed E-state index contributed by atoms with van der Waals surface area (Å²) in [6, 6.07) is 18.7. The molecule has 0 saturated carbocycles. The minimum atomic E-state index is -0.0847. The van der Waals surface area contributed by atoms with Crippen molar-refractivity contribution in [3.05, 3.63) is 82.4 Å². The van der Waals surface area contributed by atoms with Crippen LogP contribution >= 0.6 is 11.6 Å². The fourth-order valence-electron chi connectivity index (χ4n) is 3.80. The first-order chi connectivity index (χ1) is 16.6. The number of hydrogen-bond acceptors (Lipinski definition) is 5. The van der Waals surface area contributed by atoms with Crippen LogP contribution in [0.3, 0.4) is 0 Å². The number of benzene rings is 3. The zero-order valence-electron chi connectivity index (χ0n) is 19.4. The first-order valence-electron chi connectivity index (χ1n) is 11.2. The second-order valence-electron chi connectivity index (χ2n) is 8.03. The lowest BCUT2D eigenvalue weighted by molar-refractivity contribution is 0.0792. The number of nitrogens with zero attached hydrogens (tertiary/aromatic N) is 1. The summed E-state index contributed by atoms with van der Waals surface area (Å²) in [5, 5.41) is 0.262. The molecule has 0 radical (unpaired) electrons. The zero-order valence-corrected chi connectivity index (χ0v) is 20.1. The molecule has 1 heterocycles. The van der Waals surface area contributed by atoms with Crippen LogP contribution in [0, 0.1) is 0 Å². The Labute approximate surface area is 205 Å². The van der Waals surface area contributed by atoms with E-state index in [4.69, 9.17) is 30.5 Å². The van der Waals surface area contributed by atoms with E-state index < -0.39 is 0 Å². The summed E-state index contributed by atoms with van der Waals surface area (Å²) in [6.45, 7) is 2.07. The van der Waals surface area contributed by atoms with E-state index in [2.05, 4.69) is 0 Å². The molecule has 1 aliphatic heterocycles. The molecule has 3 aromatic carbocycles. The SMILES string of the molecule is COc1ccc(COc2ccc(C(=O)N3CCCC3)c(Cl)c2OCc2ccc(OC)cc2)cc1. The quantitative estimate of drug-likeness (QED) is 0.389. The maximum absolute atomic E-state index is 13.0. The molecule has 34 heavy (non-hydrogen) atoms. The van der Waals surface area contributed by atoms with Gasteiger partial charge in [0.1, 0.15) is 24.7 Å². The van der Waals surface area contributed by atoms with Crippen LogP contribution in [0.2, 0.25) is 5.02 Å². The molecular formula is C27H28ClNO5. The van der Waals surface area contributed by atoms with Gasteiger partial charge >= 0.3 is 0 Å². The first kappa shape index (κ1) is 23.8. The summed E-state index contributed by atoms with van der Waals surface area (Å²) < 4.78 is 22.6. The van der Waals surface area contributed by atoms with Crippen molar-refractivity contribution >= 4 is 17.5 Å². The average molecular weight is 482 g/mol. The van der Waals surface area contributed by atoms with Crippen molar-refractivity contribution in [1.29, 1.82) is 0 Å². The minimum Gasteiger partial charge on any atom is -0.497 e. The summed E-state index contributed by atoms with van der Waals surface area (Å²) in [5.74, 6) is 2.30. The van der Waals surface area contributed by atoms with Gasteiger partial charge in [0.2, 0.25) is 0 Å². The highest BCUT2D eigenvalue weighted by atomic mass is 35.5. The number of likely N-dealkylation sites (tertiary alicyclic amines) is 1. The third-order valence-corrected chi connectivity index (χ3v) is 6.16. The van der Waals surface area contributed by atoms with Gasteiger partial charge in [0, 0.05) is 13.1 Å². The van der Waals surface area contributed by atoms with Gasteiger partial charge in [-0.15, -0.1) is 0 Å². The summed E-state index contributed by atoms with van der Waals surface area (Å²) in [6.07, 6.45) is 2.01. The van der Waals surface area contributed by atoms with E-state index in [1.807, 2.05) is 53.4 Å². The van der Waals surface area contributed by atoms with Crippen LogP contribution in [0.25, 0.3) is 0 Å². The molecule has 4 rings (SSSR count). The molecule has 0 unspecified atom stereocenters. The molecule has 6 nitrogen and oxygen atoms in total. The van der Waals surface area contributed by atoms with Crippen LogP contribution < -0.4 is 18.9 Å². The molecule has 3 aromatic rings. The highest BCUT2D eigenvalue weighted by Gasteiger charge is 2.25. The smallest absolute Gasteiger partial charge is 0.255 e. The van der Waals surface area contributed by atoms with E-state index in [0.29, 0.717) is 23.7 Å². The van der Waals surface area contributed by atoms with E-state index >= 15 is 0 Å². The Hall–Kier alpha value is -3.38. The number of methoxy groups -OCH3 is 2. The predicted octanol–water partition coefficient (Wildman–Crippen LogP) is 5.75. The molecule has 0 aromatic heterocycles. The number of carbonyl (C=O) groups is 1. The number of carbonyl (C=O) groups excluding carboxylic acids is 1.